The van der Waals surface area contributed by atoms with Crippen molar-refractivity contribution in [2.45, 2.75) is 0 Å². The second-order valence-electron chi connectivity index (χ2n) is 3.07. The Hall–Kier alpha value is -2.02. The average Bonchev–Trinajstić information content (AvgIpc) is 2.27. The number of nitrogens with two attached hydrogens (primary N) is 1. The Labute approximate surface area is 102 Å². The largest absolute Gasteiger partial charge is 0.545 e. The maximum Gasteiger partial charge on any atom is 0.234 e. The summed E-state index contributed by atoms with van der Waals surface area (Å²) in [4.78, 5) is 21.8. The van der Waals surface area contributed by atoms with Crippen molar-refractivity contribution in [2.24, 2.45) is 5.73 Å². The van der Waals surface area contributed by atoms with Gasteiger partial charge in [0.2, 0.25) is 5.91 Å². The van der Waals surface area contributed by atoms with Gasteiger partial charge in [0.05, 0.1) is 11.7 Å². The minimum Gasteiger partial charge on any atom is -0.545 e. The first-order valence-electron chi connectivity index (χ1n) is 4.57. The molecule has 6 nitrogen and oxygen atoms in total. The summed E-state index contributed by atoms with van der Waals surface area (Å²) in [6.07, 6.45) is 0. The molecule has 0 unspecified atom stereocenters. The summed E-state index contributed by atoms with van der Waals surface area (Å²) in [6, 6.07) is 5.59. The molecule has 1 amide bonds. The fraction of sp³-hybridized carbons (Fsp3) is 0.100. The third kappa shape index (κ3) is 4.56. The Balaban J connectivity index is 2.54. The number of amides is 1. The molecule has 0 heterocycles. The molecule has 0 aliphatic carbocycles. The molecule has 4 N–H and O–H groups in total. The van der Waals surface area contributed by atoms with Crippen molar-refractivity contribution >= 4 is 34.5 Å². The summed E-state index contributed by atoms with van der Waals surface area (Å²) in [6.45, 7) is 0. The summed E-state index contributed by atoms with van der Waals surface area (Å²) in [5, 5.41) is 19.8. The average molecular weight is 252 g/mol. The molecule has 7 heteroatoms. The van der Waals surface area contributed by atoms with Crippen molar-refractivity contribution in [3.05, 3.63) is 29.8 Å². The number of carbonyl (C=O) groups is 2. The van der Waals surface area contributed by atoms with Crippen LogP contribution in [0.4, 0.5) is 5.69 Å². The van der Waals surface area contributed by atoms with Crippen molar-refractivity contribution in [1.82, 2.24) is 0 Å². The topological polar surface area (TPSA) is 119 Å². The molecule has 0 atom stereocenters. The SMILES string of the molecule is N=C(N)SCC(=O)Nc1ccc(C(=O)[O-])cc1. The lowest BCUT2D eigenvalue weighted by atomic mass is 10.2. The van der Waals surface area contributed by atoms with E-state index in [1.807, 2.05) is 0 Å². The van der Waals surface area contributed by atoms with Gasteiger partial charge < -0.3 is 21.0 Å². The third-order valence-electron chi connectivity index (χ3n) is 1.76. The molecule has 0 spiro atoms. The summed E-state index contributed by atoms with van der Waals surface area (Å²) in [5.74, 6) is -1.54. The normalized spacial score (nSPS) is 9.65. The van der Waals surface area contributed by atoms with Gasteiger partial charge >= 0.3 is 0 Å². The van der Waals surface area contributed by atoms with E-state index < -0.39 is 5.97 Å². The lowest BCUT2D eigenvalue weighted by Gasteiger charge is -2.06. The van der Waals surface area contributed by atoms with Gasteiger partial charge in [-0.25, -0.2) is 0 Å². The van der Waals surface area contributed by atoms with Gasteiger partial charge in [-0.05, 0) is 17.7 Å². The number of hydrogen-bond donors (Lipinski definition) is 3. The highest BCUT2D eigenvalue weighted by molar-refractivity contribution is 8.14. The van der Waals surface area contributed by atoms with E-state index in [0.717, 1.165) is 11.8 Å². The molecular formula is C10H10N3O3S-. The highest BCUT2D eigenvalue weighted by Gasteiger charge is 2.03. The summed E-state index contributed by atoms with van der Waals surface area (Å²) >= 11 is 0.912. The lowest BCUT2D eigenvalue weighted by Crippen LogP contribution is -2.22. The van der Waals surface area contributed by atoms with Crippen LogP contribution in [0.15, 0.2) is 24.3 Å². The van der Waals surface area contributed by atoms with Gasteiger partial charge in [0.25, 0.3) is 0 Å². The van der Waals surface area contributed by atoms with E-state index in [4.69, 9.17) is 11.1 Å². The lowest BCUT2D eigenvalue weighted by molar-refractivity contribution is -0.255. The van der Waals surface area contributed by atoms with Gasteiger partial charge in [0.1, 0.15) is 0 Å². The van der Waals surface area contributed by atoms with Gasteiger partial charge in [-0.1, -0.05) is 23.9 Å². The predicted octanol–water partition coefficient (Wildman–Crippen LogP) is -0.385. The van der Waals surface area contributed by atoms with Gasteiger partial charge in [-0.2, -0.15) is 0 Å². The standard InChI is InChI=1S/C10H11N3O3S/c11-10(12)17-5-8(14)13-7-3-1-6(2-4-7)9(15)16/h1-4H,5H2,(H3,11,12)(H,13,14)(H,15,16)/p-1. The van der Waals surface area contributed by atoms with E-state index in [-0.39, 0.29) is 22.4 Å². The van der Waals surface area contributed by atoms with E-state index >= 15 is 0 Å². The van der Waals surface area contributed by atoms with Crippen molar-refractivity contribution in [3.63, 3.8) is 0 Å². The molecule has 1 rings (SSSR count). The first-order valence-corrected chi connectivity index (χ1v) is 5.55. The zero-order valence-corrected chi connectivity index (χ0v) is 9.54. The smallest absolute Gasteiger partial charge is 0.234 e. The number of aromatic carboxylic acids is 1. The molecule has 0 saturated carbocycles. The van der Waals surface area contributed by atoms with Crippen LogP contribution in [0, 0.1) is 5.41 Å². The van der Waals surface area contributed by atoms with Crippen molar-refractivity contribution < 1.29 is 14.7 Å². The van der Waals surface area contributed by atoms with Gasteiger partial charge in [-0.15, -0.1) is 0 Å². The Kier molecular flexibility index (Phi) is 4.53. The molecule has 1 aromatic rings. The molecular weight excluding hydrogens is 242 g/mol. The highest BCUT2D eigenvalue weighted by atomic mass is 32.2. The van der Waals surface area contributed by atoms with Crippen LogP contribution in [-0.2, 0) is 4.79 Å². The zero-order chi connectivity index (χ0) is 12.8. The molecule has 0 aromatic heterocycles. The quantitative estimate of drug-likeness (QED) is 0.498. The molecule has 1 aromatic carbocycles. The zero-order valence-electron chi connectivity index (χ0n) is 8.73. The van der Waals surface area contributed by atoms with E-state index in [1.165, 1.54) is 24.3 Å². The van der Waals surface area contributed by atoms with Crippen molar-refractivity contribution in [1.29, 1.82) is 5.41 Å². The number of nitrogens with one attached hydrogen (secondary N) is 2. The molecule has 0 radical (unpaired) electrons. The Morgan fingerprint density at radius 1 is 1.35 bits per heavy atom. The first kappa shape index (κ1) is 13.0. The molecule has 17 heavy (non-hydrogen) atoms. The number of carboxylic acids is 1. The number of hydrogen-bond acceptors (Lipinski definition) is 5. The van der Waals surface area contributed by atoms with Gasteiger partial charge in [0, 0.05) is 5.69 Å². The van der Waals surface area contributed by atoms with Crippen LogP contribution in [0.25, 0.3) is 0 Å². The maximum atomic E-state index is 11.3. The van der Waals surface area contributed by atoms with E-state index in [0.29, 0.717) is 5.69 Å². The van der Waals surface area contributed by atoms with E-state index in [1.54, 1.807) is 0 Å². The summed E-state index contributed by atoms with van der Waals surface area (Å²) in [7, 11) is 0. The van der Waals surface area contributed by atoms with Crippen LogP contribution in [0.2, 0.25) is 0 Å². The fourth-order valence-electron chi connectivity index (χ4n) is 1.03. The molecule has 0 aliphatic heterocycles. The second-order valence-corrected chi connectivity index (χ2v) is 4.08. The van der Waals surface area contributed by atoms with E-state index in [9.17, 15) is 14.7 Å². The number of carboxylic acid groups (broad SMARTS) is 1. The third-order valence-corrected chi connectivity index (χ3v) is 2.48. The van der Waals surface area contributed by atoms with Gasteiger partial charge in [-0.3, -0.25) is 10.2 Å². The van der Waals surface area contributed by atoms with Crippen LogP contribution in [0.1, 0.15) is 10.4 Å². The Morgan fingerprint density at radius 2 is 1.94 bits per heavy atom. The van der Waals surface area contributed by atoms with E-state index in [2.05, 4.69) is 5.32 Å². The predicted molar refractivity (Wildman–Crippen MR) is 63.8 cm³/mol. The molecule has 0 fully saturated rings. The number of carbonyl (C=O) groups excluding carboxylic acids is 2. The summed E-state index contributed by atoms with van der Waals surface area (Å²) in [5.41, 5.74) is 5.60. The molecule has 0 aliphatic rings. The maximum absolute atomic E-state index is 11.3. The Morgan fingerprint density at radius 3 is 2.41 bits per heavy atom. The van der Waals surface area contributed by atoms with Crippen LogP contribution in [0.5, 0.6) is 0 Å². The van der Waals surface area contributed by atoms with Crippen LogP contribution in [-0.4, -0.2) is 22.8 Å². The Bertz CT molecular complexity index is 445. The van der Waals surface area contributed by atoms with Crippen LogP contribution < -0.4 is 16.2 Å². The fourth-order valence-corrected chi connectivity index (χ4v) is 1.39. The van der Waals surface area contributed by atoms with Crippen LogP contribution in [0.3, 0.4) is 0 Å². The number of rotatable bonds is 4. The first-order chi connectivity index (χ1) is 7.99. The van der Waals surface area contributed by atoms with Gasteiger partial charge in [0.15, 0.2) is 5.17 Å². The minimum atomic E-state index is -1.27. The van der Waals surface area contributed by atoms with Crippen molar-refractivity contribution in [3.8, 4) is 0 Å². The minimum absolute atomic E-state index is 0.0393. The number of benzene rings is 1. The number of amidine groups is 1. The molecule has 0 saturated heterocycles. The summed E-state index contributed by atoms with van der Waals surface area (Å²) < 4.78 is 0. The molecule has 90 valence electrons. The van der Waals surface area contributed by atoms with Crippen molar-refractivity contribution in [2.75, 3.05) is 11.1 Å². The highest BCUT2D eigenvalue weighted by Crippen LogP contribution is 2.09. The number of thioether (sulfide) groups is 1. The second kappa shape index (κ2) is 5.90. The molecule has 0 bridgehead atoms. The van der Waals surface area contributed by atoms with Crippen LogP contribution >= 0.6 is 11.8 Å². The number of anilines is 1. The monoisotopic (exact) mass is 252 g/mol.